The van der Waals surface area contributed by atoms with E-state index in [0.29, 0.717) is 23.9 Å². The lowest BCUT2D eigenvalue weighted by Crippen LogP contribution is -2.49. The third-order valence-electron chi connectivity index (χ3n) is 6.31. The van der Waals surface area contributed by atoms with Crippen molar-refractivity contribution in [2.45, 2.75) is 38.3 Å². The first kappa shape index (κ1) is 18.6. The summed E-state index contributed by atoms with van der Waals surface area (Å²) in [7, 11) is 1.36. The van der Waals surface area contributed by atoms with Crippen molar-refractivity contribution in [2.24, 2.45) is 5.92 Å². The van der Waals surface area contributed by atoms with Gasteiger partial charge in [0.2, 0.25) is 5.91 Å². The average Bonchev–Trinajstić information content (AvgIpc) is 3.30. The van der Waals surface area contributed by atoms with Crippen LogP contribution in [0.5, 0.6) is 0 Å². The highest BCUT2D eigenvalue weighted by atomic mass is 16.5. The van der Waals surface area contributed by atoms with Gasteiger partial charge in [-0.3, -0.25) is 9.69 Å². The van der Waals surface area contributed by atoms with E-state index < -0.39 is 12.1 Å². The zero-order valence-corrected chi connectivity index (χ0v) is 16.9. The Morgan fingerprint density at radius 3 is 2.87 bits per heavy atom. The van der Waals surface area contributed by atoms with Crippen LogP contribution in [-0.4, -0.2) is 50.7 Å². The lowest BCUT2D eigenvalue weighted by Gasteiger charge is -2.35. The predicted molar refractivity (Wildman–Crippen MR) is 111 cm³/mol. The van der Waals surface area contributed by atoms with Crippen molar-refractivity contribution >= 4 is 23.2 Å². The summed E-state index contributed by atoms with van der Waals surface area (Å²) in [5.41, 5.74) is 3.43. The van der Waals surface area contributed by atoms with E-state index in [9.17, 15) is 9.59 Å². The van der Waals surface area contributed by atoms with Crippen LogP contribution in [-0.2, 0) is 9.53 Å². The summed E-state index contributed by atoms with van der Waals surface area (Å²) in [5, 5.41) is 7.54. The first-order chi connectivity index (χ1) is 14.5. The molecule has 3 heterocycles. The summed E-state index contributed by atoms with van der Waals surface area (Å²) in [4.78, 5) is 31.4. The monoisotopic (exact) mass is 405 g/mol. The van der Waals surface area contributed by atoms with Gasteiger partial charge in [-0.25, -0.2) is 14.3 Å². The Balaban J connectivity index is 1.40. The molecule has 8 nitrogen and oxygen atoms in total. The van der Waals surface area contributed by atoms with Crippen LogP contribution < -0.4 is 5.32 Å². The maximum absolute atomic E-state index is 13.0. The summed E-state index contributed by atoms with van der Waals surface area (Å²) >= 11 is 0. The van der Waals surface area contributed by atoms with Crippen LogP contribution in [0.25, 0.3) is 16.9 Å². The number of hydrogen-bond donors (Lipinski definition) is 1. The van der Waals surface area contributed by atoms with Gasteiger partial charge >= 0.3 is 6.09 Å². The number of nitrogens with one attached hydrogen (secondary N) is 1. The third kappa shape index (κ3) is 2.99. The van der Waals surface area contributed by atoms with Crippen LogP contribution in [0, 0.1) is 12.8 Å². The van der Waals surface area contributed by atoms with Gasteiger partial charge in [0.15, 0.2) is 5.82 Å². The first-order valence-electron chi connectivity index (χ1n) is 10.1. The molecule has 2 unspecified atom stereocenters. The number of methoxy groups -OCH3 is 1. The van der Waals surface area contributed by atoms with Crippen LogP contribution >= 0.6 is 0 Å². The van der Waals surface area contributed by atoms with Crippen molar-refractivity contribution < 1.29 is 14.3 Å². The highest BCUT2D eigenvalue weighted by molar-refractivity contribution is 5.97. The van der Waals surface area contributed by atoms with Gasteiger partial charge < -0.3 is 10.1 Å². The van der Waals surface area contributed by atoms with Crippen molar-refractivity contribution in [3.63, 3.8) is 0 Å². The molecule has 1 aliphatic heterocycles. The fourth-order valence-corrected chi connectivity index (χ4v) is 4.55. The predicted octanol–water partition coefficient (Wildman–Crippen LogP) is 3.26. The molecule has 154 valence electrons. The Hall–Kier alpha value is -3.42. The molecule has 2 fully saturated rings. The van der Waals surface area contributed by atoms with Gasteiger partial charge in [0, 0.05) is 23.5 Å². The highest BCUT2D eigenvalue weighted by Crippen LogP contribution is 2.44. The summed E-state index contributed by atoms with van der Waals surface area (Å²) in [5.74, 6) is 0.781. The Labute approximate surface area is 173 Å². The quantitative estimate of drug-likeness (QED) is 0.723. The minimum Gasteiger partial charge on any atom is -0.453 e. The molecule has 5 rings (SSSR count). The lowest BCUT2D eigenvalue weighted by atomic mass is 9.80. The van der Waals surface area contributed by atoms with E-state index in [1.807, 2.05) is 43.5 Å². The summed E-state index contributed by atoms with van der Waals surface area (Å²) in [6.45, 7) is 1.98. The third-order valence-corrected chi connectivity index (χ3v) is 6.31. The average molecular weight is 405 g/mol. The van der Waals surface area contributed by atoms with Crippen LogP contribution in [0.15, 0.2) is 42.7 Å². The number of benzene rings is 1. The Morgan fingerprint density at radius 2 is 2.10 bits per heavy atom. The number of carbonyl (C=O) groups excluding carboxylic acids is 2. The zero-order chi connectivity index (χ0) is 20.8. The van der Waals surface area contributed by atoms with E-state index >= 15 is 0 Å². The number of aromatic nitrogens is 3. The van der Waals surface area contributed by atoms with Crippen LogP contribution in [0.4, 0.5) is 10.5 Å². The number of aryl methyl sites for hydroxylation is 1. The van der Waals surface area contributed by atoms with E-state index in [1.165, 1.54) is 7.11 Å². The number of hydrogen-bond acceptors (Lipinski definition) is 5. The van der Waals surface area contributed by atoms with E-state index in [0.717, 1.165) is 29.5 Å². The zero-order valence-electron chi connectivity index (χ0n) is 16.9. The van der Waals surface area contributed by atoms with Gasteiger partial charge in [-0.05, 0) is 61.9 Å². The molecule has 2 aliphatic rings. The largest absolute Gasteiger partial charge is 0.453 e. The molecular formula is C22H23N5O3. The minimum atomic E-state index is -0.507. The maximum Gasteiger partial charge on any atom is 0.410 e. The number of likely N-dealkylation sites (tertiary alicyclic amines) is 1. The molecule has 0 spiro atoms. The van der Waals surface area contributed by atoms with E-state index in [2.05, 4.69) is 15.4 Å². The van der Waals surface area contributed by atoms with E-state index in [4.69, 9.17) is 4.74 Å². The van der Waals surface area contributed by atoms with Gasteiger partial charge in [-0.2, -0.15) is 0 Å². The van der Waals surface area contributed by atoms with Crippen molar-refractivity contribution in [2.75, 3.05) is 12.4 Å². The molecule has 1 saturated heterocycles. The fraction of sp³-hybridized carbons (Fsp3) is 0.364. The van der Waals surface area contributed by atoms with Crippen molar-refractivity contribution in [1.82, 2.24) is 19.5 Å². The molecule has 1 saturated carbocycles. The molecule has 3 aromatic rings. The standard InChI is InChI=1S/C22H23N5O3/c1-13-5-7-15(11-17(13)20-23-12-16-4-3-9-26(16)25-20)24-21(28)19-10-14-6-8-18(14)27(19)22(29)30-2/h3-5,7,9,11-12,14,18-19H,6,8,10H2,1-2H3,(H,24,28)/t14?,18?,19-/m1/s1. The normalized spacial score (nSPS) is 22.5. The Bertz CT molecular complexity index is 1140. The molecule has 30 heavy (non-hydrogen) atoms. The Kier molecular flexibility index (Phi) is 4.42. The smallest absolute Gasteiger partial charge is 0.410 e. The molecule has 1 aliphatic carbocycles. The molecular weight excluding hydrogens is 382 g/mol. The van der Waals surface area contributed by atoms with Gasteiger partial charge in [0.25, 0.3) is 0 Å². The highest BCUT2D eigenvalue weighted by Gasteiger charge is 2.51. The molecule has 3 atom stereocenters. The molecule has 0 bridgehead atoms. The molecule has 2 amide bonds. The van der Waals surface area contributed by atoms with Gasteiger partial charge in [0.05, 0.1) is 18.8 Å². The molecule has 1 N–H and O–H groups in total. The van der Waals surface area contributed by atoms with Gasteiger partial charge in [-0.15, -0.1) is 5.10 Å². The number of rotatable bonds is 3. The van der Waals surface area contributed by atoms with Crippen molar-refractivity contribution in [3.05, 3.63) is 48.3 Å². The van der Waals surface area contributed by atoms with Gasteiger partial charge in [0.1, 0.15) is 6.04 Å². The topological polar surface area (TPSA) is 88.8 Å². The molecule has 8 heteroatoms. The summed E-state index contributed by atoms with van der Waals surface area (Å²) in [6.07, 6.45) is 5.87. The van der Waals surface area contributed by atoms with Crippen LogP contribution in [0.2, 0.25) is 0 Å². The van der Waals surface area contributed by atoms with E-state index in [-0.39, 0.29) is 11.9 Å². The number of ether oxygens (including phenoxy) is 1. The number of anilines is 1. The number of amides is 2. The van der Waals surface area contributed by atoms with E-state index in [1.54, 1.807) is 15.6 Å². The maximum atomic E-state index is 13.0. The SMILES string of the molecule is COC(=O)N1C2CCC2C[C@@H]1C(=O)Nc1ccc(C)c(-c2ncc3cccn3n2)c1. The summed E-state index contributed by atoms with van der Waals surface area (Å²) in [6, 6.07) is 9.13. The number of nitrogens with zero attached hydrogens (tertiary/aromatic N) is 4. The minimum absolute atomic E-state index is 0.114. The van der Waals surface area contributed by atoms with Crippen molar-refractivity contribution in [3.8, 4) is 11.4 Å². The summed E-state index contributed by atoms with van der Waals surface area (Å²) < 4.78 is 6.70. The second-order valence-electron chi connectivity index (χ2n) is 8.01. The van der Waals surface area contributed by atoms with Crippen LogP contribution in [0.3, 0.4) is 0 Å². The number of fused-ring (bicyclic) bond motifs is 2. The second-order valence-corrected chi connectivity index (χ2v) is 8.01. The Morgan fingerprint density at radius 1 is 1.23 bits per heavy atom. The molecule has 0 radical (unpaired) electrons. The van der Waals surface area contributed by atoms with Crippen LogP contribution in [0.1, 0.15) is 24.8 Å². The van der Waals surface area contributed by atoms with Gasteiger partial charge in [-0.1, -0.05) is 6.07 Å². The lowest BCUT2D eigenvalue weighted by molar-refractivity contribution is -0.120. The molecule has 2 aromatic heterocycles. The fourth-order valence-electron chi connectivity index (χ4n) is 4.55. The number of carbonyl (C=O) groups is 2. The molecule has 1 aromatic carbocycles. The van der Waals surface area contributed by atoms with Crippen molar-refractivity contribution in [1.29, 1.82) is 0 Å². The first-order valence-corrected chi connectivity index (χ1v) is 10.1. The second kappa shape index (κ2) is 7.12.